The average Bonchev–Trinajstić information content (AvgIpc) is 2.74. The van der Waals surface area contributed by atoms with Gasteiger partial charge < -0.3 is 5.32 Å². The lowest BCUT2D eigenvalue weighted by Crippen LogP contribution is -2.54. The number of nitrogens with one attached hydrogen (secondary N) is 1. The number of amides is 1. The molecule has 0 fully saturated rings. The molecule has 3 aromatic rings. The van der Waals surface area contributed by atoms with E-state index in [2.05, 4.69) is 66.1 Å². The lowest BCUT2D eigenvalue weighted by molar-refractivity contribution is -0.117. The third-order valence-electron chi connectivity index (χ3n) is 4.97. The van der Waals surface area contributed by atoms with Crippen molar-refractivity contribution in [2.45, 2.75) is 19.5 Å². The van der Waals surface area contributed by atoms with E-state index in [-0.39, 0.29) is 11.9 Å². The summed E-state index contributed by atoms with van der Waals surface area (Å²) in [6.07, 6.45) is 1.71. The Balaban J connectivity index is 1.83. The van der Waals surface area contributed by atoms with E-state index in [0.29, 0.717) is 0 Å². The molecule has 1 N–H and O–H groups in total. The largest absolute Gasteiger partial charge is 0.346 e. The molecular weight excluding hydrogens is 346 g/mol. The average molecular weight is 372 g/mol. The Hall–Kier alpha value is -2.91. The molecule has 2 nitrogen and oxygen atoms in total. The van der Waals surface area contributed by atoms with Gasteiger partial charge in [0.1, 0.15) is 8.07 Å². The molecule has 0 aliphatic carbocycles. The summed E-state index contributed by atoms with van der Waals surface area (Å²) in [6, 6.07) is 31.0. The molecule has 1 amide bonds. The van der Waals surface area contributed by atoms with Gasteiger partial charge >= 0.3 is 0 Å². The van der Waals surface area contributed by atoms with Crippen LogP contribution in [-0.2, 0) is 4.79 Å². The molecule has 0 aromatic heterocycles. The van der Waals surface area contributed by atoms with Gasteiger partial charge in [-0.15, -0.1) is 0 Å². The van der Waals surface area contributed by atoms with Gasteiger partial charge in [-0.05, 0) is 18.6 Å². The van der Waals surface area contributed by atoms with Gasteiger partial charge in [0.2, 0.25) is 5.91 Å². The zero-order valence-corrected chi connectivity index (χ0v) is 16.8. The Labute approximate surface area is 162 Å². The van der Waals surface area contributed by atoms with Crippen LogP contribution in [0.1, 0.15) is 18.5 Å². The maximum Gasteiger partial charge on any atom is 0.243 e. The summed E-state index contributed by atoms with van der Waals surface area (Å²) in [6.45, 7) is 4.29. The van der Waals surface area contributed by atoms with Gasteiger partial charge in [-0.25, -0.2) is 0 Å². The van der Waals surface area contributed by atoms with E-state index in [1.165, 1.54) is 10.4 Å². The number of hydrogen-bond donors (Lipinski definition) is 1. The van der Waals surface area contributed by atoms with Crippen molar-refractivity contribution in [3.8, 4) is 0 Å². The summed E-state index contributed by atoms with van der Waals surface area (Å²) in [7, 11) is -2.14. The predicted molar refractivity (Wildman–Crippen MR) is 116 cm³/mol. The van der Waals surface area contributed by atoms with E-state index in [4.69, 9.17) is 0 Å². The molecule has 1 atom stereocenters. The standard InChI is InChI=1S/C24H25NOSi/c1-20(21-12-6-3-7-13-21)25-24(26)18-19-27(2,22-14-8-4-9-15-22)23-16-10-5-11-17-23/h3-20H,1-2H3,(H,25,26). The molecule has 27 heavy (non-hydrogen) atoms. The Bertz CT molecular complexity index is 852. The van der Waals surface area contributed by atoms with Gasteiger partial charge in [-0.2, -0.15) is 0 Å². The smallest absolute Gasteiger partial charge is 0.243 e. The molecule has 0 saturated heterocycles. The SMILES string of the molecule is CC(NC(=O)C=C[Si](C)(c1ccccc1)c1ccccc1)c1ccccc1. The van der Waals surface area contributed by atoms with Crippen LogP contribution in [0.25, 0.3) is 0 Å². The van der Waals surface area contributed by atoms with Crippen LogP contribution in [-0.4, -0.2) is 14.0 Å². The van der Waals surface area contributed by atoms with Crippen LogP contribution < -0.4 is 15.7 Å². The molecular formula is C24H25NOSi. The second-order valence-corrected chi connectivity index (χ2v) is 10.8. The number of hydrogen-bond acceptors (Lipinski definition) is 1. The summed E-state index contributed by atoms with van der Waals surface area (Å²) in [5.41, 5.74) is 3.23. The van der Waals surface area contributed by atoms with Gasteiger partial charge in [-0.1, -0.05) is 114 Å². The normalized spacial score (nSPS) is 12.7. The molecule has 1 unspecified atom stereocenters. The van der Waals surface area contributed by atoms with Gasteiger partial charge in [0.05, 0.1) is 6.04 Å². The summed E-state index contributed by atoms with van der Waals surface area (Å²) < 4.78 is 0. The van der Waals surface area contributed by atoms with Gasteiger partial charge in [0, 0.05) is 0 Å². The summed E-state index contributed by atoms with van der Waals surface area (Å²) in [5.74, 6) is -0.0584. The molecule has 3 rings (SSSR count). The van der Waals surface area contributed by atoms with Gasteiger partial charge in [0.25, 0.3) is 0 Å². The first kappa shape index (κ1) is 18.9. The fraction of sp³-hybridized carbons (Fsp3) is 0.125. The van der Waals surface area contributed by atoms with Crippen molar-refractivity contribution in [3.63, 3.8) is 0 Å². The Morgan fingerprint density at radius 1 is 0.815 bits per heavy atom. The monoisotopic (exact) mass is 371 g/mol. The highest BCUT2D eigenvalue weighted by Crippen LogP contribution is 2.12. The van der Waals surface area contributed by atoms with E-state index in [0.717, 1.165) is 5.56 Å². The molecule has 136 valence electrons. The van der Waals surface area contributed by atoms with Gasteiger partial charge in [0.15, 0.2) is 0 Å². The van der Waals surface area contributed by atoms with Crippen molar-refractivity contribution in [1.29, 1.82) is 0 Å². The summed E-state index contributed by atoms with van der Waals surface area (Å²) in [4.78, 5) is 12.6. The topological polar surface area (TPSA) is 29.1 Å². The fourth-order valence-corrected chi connectivity index (χ4v) is 6.23. The molecule has 3 aromatic carbocycles. The molecule has 0 saturated carbocycles. The summed E-state index contributed by atoms with van der Waals surface area (Å²) >= 11 is 0. The molecule has 0 bridgehead atoms. The minimum atomic E-state index is -2.14. The van der Waals surface area contributed by atoms with E-state index in [1.54, 1.807) is 6.08 Å². The molecule has 0 aliphatic heterocycles. The van der Waals surface area contributed by atoms with E-state index >= 15 is 0 Å². The zero-order chi connectivity index (χ0) is 19.1. The van der Waals surface area contributed by atoms with Gasteiger partial charge in [-0.3, -0.25) is 4.79 Å². The number of benzene rings is 3. The van der Waals surface area contributed by atoms with Crippen LogP contribution in [0.15, 0.2) is 103 Å². The minimum absolute atomic E-state index is 0.0234. The second kappa shape index (κ2) is 8.65. The van der Waals surface area contributed by atoms with Crippen LogP contribution in [0.2, 0.25) is 6.55 Å². The predicted octanol–water partition coefficient (Wildman–Crippen LogP) is 3.85. The molecule has 0 aliphatic rings. The van der Waals surface area contributed by atoms with Crippen molar-refractivity contribution in [2.24, 2.45) is 0 Å². The highest BCUT2D eigenvalue weighted by molar-refractivity contribution is 7.05. The van der Waals surface area contributed by atoms with E-state index in [1.807, 2.05) is 49.4 Å². The Kier molecular flexibility index (Phi) is 6.04. The highest BCUT2D eigenvalue weighted by Gasteiger charge is 2.29. The summed E-state index contributed by atoms with van der Waals surface area (Å²) in [5, 5.41) is 5.64. The zero-order valence-electron chi connectivity index (χ0n) is 15.8. The number of carbonyl (C=O) groups excluding carboxylic acids is 1. The third-order valence-corrected chi connectivity index (χ3v) is 8.87. The minimum Gasteiger partial charge on any atom is -0.346 e. The van der Waals surface area contributed by atoms with Crippen LogP contribution in [0.5, 0.6) is 0 Å². The third kappa shape index (κ3) is 4.63. The van der Waals surface area contributed by atoms with Crippen LogP contribution >= 0.6 is 0 Å². The van der Waals surface area contributed by atoms with E-state index in [9.17, 15) is 4.79 Å². The van der Waals surface area contributed by atoms with Crippen molar-refractivity contribution >= 4 is 24.4 Å². The maximum absolute atomic E-state index is 12.6. The van der Waals surface area contributed by atoms with Crippen LogP contribution in [0, 0.1) is 0 Å². The lowest BCUT2D eigenvalue weighted by atomic mass is 10.1. The van der Waals surface area contributed by atoms with Crippen molar-refractivity contribution in [1.82, 2.24) is 5.32 Å². The second-order valence-electron chi connectivity index (χ2n) is 6.91. The number of rotatable bonds is 6. The Morgan fingerprint density at radius 3 is 1.74 bits per heavy atom. The van der Waals surface area contributed by atoms with Crippen LogP contribution in [0.4, 0.5) is 0 Å². The molecule has 0 radical (unpaired) electrons. The van der Waals surface area contributed by atoms with Crippen molar-refractivity contribution < 1.29 is 4.79 Å². The van der Waals surface area contributed by atoms with Crippen LogP contribution in [0.3, 0.4) is 0 Å². The quantitative estimate of drug-likeness (QED) is 0.517. The molecule has 0 heterocycles. The maximum atomic E-state index is 12.6. The number of carbonyl (C=O) groups is 1. The van der Waals surface area contributed by atoms with E-state index < -0.39 is 8.07 Å². The first-order valence-electron chi connectivity index (χ1n) is 9.25. The fourth-order valence-electron chi connectivity index (χ4n) is 3.26. The Morgan fingerprint density at radius 2 is 1.26 bits per heavy atom. The van der Waals surface area contributed by atoms with Crippen molar-refractivity contribution in [2.75, 3.05) is 0 Å². The highest BCUT2D eigenvalue weighted by atomic mass is 28.3. The first-order chi connectivity index (χ1) is 13.1. The molecule has 0 spiro atoms. The lowest BCUT2D eigenvalue weighted by Gasteiger charge is -2.25. The molecule has 3 heteroatoms. The van der Waals surface area contributed by atoms with Crippen molar-refractivity contribution in [3.05, 3.63) is 108 Å². The first-order valence-corrected chi connectivity index (χ1v) is 11.8.